The molecule has 2 aromatic rings. The van der Waals surface area contributed by atoms with Crippen molar-refractivity contribution < 1.29 is 9.53 Å². The van der Waals surface area contributed by atoms with Crippen LogP contribution in [0.5, 0.6) is 0 Å². The van der Waals surface area contributed by atoms with Crippen LogP contribution in [0, 0.1) is 0 Å². The minimum atomic E-state index is -0.523. The van der Waals surface area contributed by atoms with Crippen molar-refractivity contribution >= 4 is 5.97 Å². The number of ether oxygens (including phenoxy) is 1. The number of hydrogen-bond donors (Lipinski definition) is 0. The van der Waals surface area contributed by atoms with Crippen LogP contribution < -0.4 is 0 Å². The Kier molecular flexibility index (Phi) is 8.06. The minimum Gasteiger partial charge on any atom is -0.465 e. The van der Waals surface area contributed by atoms with Gasteiger partial charge in [-0.3, -0.25) is 9.69 Å². The van der Waals surface area contributed by atoms with E-state index in [0.29, 0.717) is 12.6 Å². The summed E-state index contributed by atoms with van der Waals surface area (Å²) in [6, 6.07) is 21.4. The molecule has 1 aliphatic heterocycles. The molecule has 4 nitrogen and oxygen atoms in total. The van der Waals surface area contributed by atoms with Crippen molar-refractivity contribution in [2.45, 2.75) is 45.1 Å². The fraction of sp³-hybridized carbons (Fsp3) is 0.500. The zero-order chi connectivity index (χ0) is 21.4. The Labute approximate surface area is 181 Å². The van der Waals surface area contributed by atoms with E-state index in [4.69, 9.17) is 4.74 Å². The molecule has 0 aliphatic carbocycles. The lowest BCUT2D eigenvalue weighted by Crippen LogP contribution is -2.50. The van der Waals surface area contributed by atoms with Crippen LogP contribution >= 0.6 is 0 Å². The second kappa shape index (κ2) is 10.7. The molecule has 1 heterocycles. The number of piperidine rings is 1. The molecule has 0 saturated carbocycles. The first kappa shape index (κ1) is 22.5. The Hall–Kier alpha value is -2.17. The topological polar surface area (TPSA) is 32.8 Å². The molecule has 0 N–H and O–H groups in total. The van der Waals surface area contributed by atoms with E-state index in [-0.39, 0.29) is 5.97 Å². The minimum absolute atomic E-state index is 0.0702. The van der Waals surface area contributed by atoms with E-state index >= 15 is 0 Å². The quantitative estimate of drug-likeness (QED) is 0.565. The van der Waals surface area contributed by atoms with Crippen molar-refractivity contribution in [3.63, 3.8) is 0 Å². The number of carbonyl (C=O) groups excluding carboxylic acids is 1. The molecule has 1 atom stereocenters. The highest BCUT2D eigenvalue weighted by atomic mass is 16.5. The molecule has 0 amide bonds. The average molecular weight is 409 g/mol. The van der Waals surface area contributed by atoms with E-state index in [9.17, 15) is 4.79 Å². The Balaban J connectivity index is 1.77. The molecule has 1 aliphatic rings. The van der Waals surface area contributed by atoms with Gasteiger partial charge in [0.1, 0.15) is 0 Å². The third-order valence-electron chi connectivity index (χ3n) is 6.57. The van der Waals surface area contributed by atoms with Crippen LogP contribution in [0.15, 0.2) is 60.7 Å². The summed E-state index contributed by atoms with van der Waals surface area (Å²) in [5, 5.41) is 0. The van der Waals surface area contributed by atoms with Crippen molar-refractivity contribution in [3.8, 4) is 0 Å². The van der Waals surface area contributed by atoms with Crippen molar-refractivity contribution in [1.29, 1.82) is 0 Å². The van der Waals surface area contributed by atoms with Gasteiger partial charge in [-0.15, -0.1) is 0 Å². The number of rotatable bonds is 9. The van der Waals surface area contributed by atoms with Crippen LogP contribution in [-0.4, -0.2) is 55.1 Å². The monoisotopic (exact) mass is 408 g/mol. The maximum atomic E-state index is 13.0. The summed E-state index contributed by atoms with van der Waals surface area (Å²) >= 11 is 0. The number of hydrogen-bond acceptors (Lipinski definition) is 4. The highest BCUT2D eigenvalue weighted by Crippen LogP contribution is 2.37. The molecule has 0 aromatic heterocycles. The summed E-state index contributed by atoms with van der Waals surface area (Å²) in [5.41, 5.74) is 1.93. The molecule has 4 heteroatoms. The van der Waals surface area contributed by atoms with Crippen molar-refractivity contribution in [2.24, 2.45) is 0 Å². The Bertz CT molecular complexity index is 766. The lowest BCUT2D eigenvalue weighted by Gasteiger charge is -2.42. The predicted molar refractivity (Wildman–Crippen MR) is 123 cm³/mol. The number of esters is 1. The van der Waals surface area contributed by atoms with Gasteiger partial charge in [-0.2, -0.15) is 0 Å². The number of benzene rings is 2. The molecule has 0 bridgehead atoms. The summed E-state index contributed by atoms with van der Waals surface area (Å²) in [4.78, 5) is 18.1. The van der Waals surface area contributed by atoms with Crippen LogP contribution in [0.1, 0.15) is 50.8 Å². The second-order valence-electron chi connectivity index (χ2n) is 8.12. The third kappa shape index (κ3) is 4.93. The summed E-state index contributed by atoms with van der Waals surface area (Å²) < 4.78 is 5.53. The summed E-state index contributed by atoms with van der Waals surface area (Å²) in [5.74, 6) is -0.0702. The second-order valence-corrected chi connectivity index (χ2v) is 8.12. The van der Waals surface area contributed by atoms with Gasteiger partial charge in [0.2, 0.25) is 0 Å². The third-order valence-corrected chi connectivity index (χ3v) is 6.57. The Morgan fingerprint density at radius 2 is 1.53 bits per heavy atom. The van der Waals surface area contributed by atoms with Crippen molar-refractivity contribution in [1.82, 2.24) is 9.80 Å². The van der Waals surface area contributed by atoms with E-state index in [1.54, 1.807) is 0 Å². The molecule has 1 fully saturated rings. The zero-order valence-corrected chi connectivity index (χ0v) is 18.7. The Morgan fingerprint density at radius 3 is 2.07 bits per heavy atom. The van der Waals surface area contributed by atoms with Gasteiger partial charge in [0, 0.05) is 12.6 Å². The highest BCUT2D eigenvalue weighted by molar-refractivity contribution is 5.83. The SMILES string of the molecule is CCOC(=O)C1(c2ccccc2)CCN(CC(c2ccccc2)N(CC)CC)CC1. The largest absolute Gasteiger partial charge is 0.465 e. The van der Waals surface area contributed by atoms with E-state index in [1.807, 2.05) is 25.1 Å². The molecule has 0 spiro atoms. The molecule has 2 aromatic carbocycles. The lowest BCUT2D eigenvalue weighted by molar-refractivity contribution is -0.152. The first-order valence-electron chi connectivity index (χ1n) is 11.4. The molecular formula is C26H36N2O2. The molecular weight excluding hydrogens is 372 g/mol. The Morgan fingerprint density at radius 1 is 0.967 bits per heavy atom. The summed E-state index contributed by atoms with van der Waals surface area (Å²) in [6.07, 6.45) is 1.60. The van der Waals surface area contributed by atoms with Gasteiger partial charge in [0.25, 0.3) is 0 Å². The predicted octanol–water partition coefficient (Wildman–Crippen LogP) is 4.67. The van der Waals surface area contributed by atoms with Gasteiger partial charge < -0.3 is 9.64 Å². The van der Waals surface area contributed by atoms with Crippen LogP contribution in [0.2, 0.25) is 0 Å². The maximum absolute atomic E-state index is 13.0. The van der Waals surface area contributed by atoms with E-state index in [2.05, 4.69) is 66.1 Å². The molecule has 0 radical (unpaired) electrons. The van der Waals surface area contributed by atoms with Crippen LogP contribution in [0.25, 0.3) is 0 Å². The highest BCUT2D eigenvalue weighted by Gasteiger charge is 2.44. The normalized spacial score (nSPS) is 17.6. The van der Waals surface area contributed by atoms with Gasteiger partial charge in [-0.25, -0.2) is 0 Å². The first-order valence-corrected chi connectivity index (χ1v) is 11.4. The lowest BCUT2D eigenvalue weighted by atomic mass is 9.72. The van der Waals surface area contributed by atoms with E-state index < -0.39 is 5.41 Å². The van der Waals surface area contributed by atoms with Crippen LogP contribution in [-0.2, 0) is 14.9 Å². The average Bonchev–Trinajstić information content (AvgIpc) is 2.81. The molecule has 1 saturated heterocycles. The number of carbonyl (C=O) groups is 1. The van der Waals surface area contributed by atoms with Crippen LogP contribution in [0.3, 0.4) is 0 Å². The zero-order valence-electron chi connectivity index (χ0n) is 18.7. The summed E-state index contributed by atoms with van der Waals surface area (Å²) in [7, 11) is 0. The standard InChI is InChI=1S/C26H36N2O2/c1-4-28(5-2)24(22-13-9-7-10-14-22)21-27-19-17-26(18-20-27,25(29)30-6-3)23-15-11-8-12-16-23/h7-16,24H,4-6,17-21H2,1-3H3. The van der Waals surface area contributed by atoms with Crippen molar-refractivity contribution in [3.05, 3.63) is 71.8 Å². The smallest absolute Gasteiger partial charge is 0.316 e. The summed E-state index contributed by atoms with van der Waals surface area (Å²) in [6.45, 7) is 11.6. The van der Waals surface area contributed by atoms with Gasteiger partial charge in [0.15, 0.2) is 0 Å². The number of nitrogens with zero attached hydrogens (tertiary/aromatic N) is 2. The molecule has 30 heavy (non-hydrogen) atoms. The molecule has 162 valence electrons. The maximum Gasteiger partial charge on any atom is 0.316 e. The van der Waals surface area contributed by atoms with Crippen LogP contribution in [0.4, 0.5) is 0 Å². The number of likely N-dealkylation sites (N-methyl/N-ethyl adjacent to an activating group) is 1. The fourth-order valence-corrected chi connectivity index (χ4v) is 4.77. The molecule has 1 unspecified atom stereocenters. The van der Waals surface area contributed by atoms with Gasteiger partial charge in [-0.1, -0.05) is 74.5 Å². The van der Waals surface area contributed by atoms with Gasteiger partial charge in [0.05, 0.1) is 12.0 Å². The van der Waals surface area contributed by atoms with Gasteiger partial charge in [-0.05, 0) is 57.1 Å². The van der Waals surface area contributed by atoms with E-state index in [1.165, 1.54) is 5.56 Å². The van der Waals surface area contributed by atoms with Gasteiger partial charge >= 0.3 is 5.97 Å². The van der Waals surface area contributed by atoms with Crippen molar-refractivity contribution in [2.75, 3.05) is 39.3 Å². The molecule has 3 rings (SSSR count). The number of likely N-dealkylation sites (tertiary alicyclic amines) is 1. The van der Waals surface area contributed by atoms with E-state index in [0.717, 1.165) is 51.1 Å². The first-order chi connectivity index (χ1) is 14.6. The fourth-order valence-electron chi connectivity index (χ4n) is 4.77.